The highest BCUT2D eigenvalue weighted by Gasteiger charge is 2.20. The number of aryl methyl sites for hydroxylation is 2. The van der Waals surface area contributed by atoms with Crippen molar-refractivity contribution < 1.29 is 5.11 Å². The van der Waals surface area contributed by atoms with Crippen molar-refractivity contribution in [3.05, 3.63) is 26.6 Å². The molecule has 0 aliphatic heterocycles. The van der Waals surface area contributed by atoms with Crippen molar-refractivity contribution in [1.82, 2.24) is 15.3 Å². The topological polar surface area (TPSA) is 78.0 Å². The summed E-state index contributed by atoms with van der Waals surface area (Å²) in [5, 5.41) is 13.0. The average Bonchev–Trinajstić information content (AvgIpc) is 2.87. The molecule has 3 N–H and O–H groups in total. The highest BCUT2D eigenvalue weighted by Crippen LogP contribution is 2.34. The number of fused-ring (bicyclic) bond motifs is 3. The van der Waals surface area contributed by atoms with Crippen molar-refractivity contribution in [3.8, 4) is 0 Å². The first-order chi connectivity index (χ1) is 9.15. The van der Waals surface area contributed by atoms with Crippen LogP contribution in [-0.2, 0) is 19.4 Å². The number of nitrogens with one attached hydrogen (secondary N) is 2. The molecular weight excluding hydrogens is 262 g/mol. The molecule has 1 aliphatic carbocycles. The summed E-state index contributed by atoms with van der Waals surface area (Å²) in [6, 6.07) is 0. The quantitative estimate of drug-likeness (QED) is 0.778. The molecule has 0 saturated carbocycles. The van der Waals surface area contributed by atoms with Gasteiger partial charge in [0.15, 0.2) is 0 Å². The fourth-order valence-corrected chi connectivity index (χ4v) is 3.81. The van der Waals surface area contributed by atoms with E-state index in [2.05, 4.69) is 15.3 Å². The molecule has 0 aromatic carbocycles. The van der Waals surface area contributed by atoms with E-state index < -0.39 is 6.10 Å². The zero-order chi connectivity index (χ0) is 13.4. The summed E-state index contributed by atoms with van der Waals surface area (Å²) in [6.45, 7) is 2.68. The predicted octanol–water partition coefficient (Wildman–Crippen LogP) is 0.944. The Hall–Kier alpha value is -1.24. The summed E-state index contributed by atoms with van der Waals surface area (Å²) in [4.78, 5) is 21.7. The second-order valence-corrected chi connectivity index (χ2v) is 6.11. The van der Waals surface area contributed by atoms with Crippen LogP contribution in [0.3, 0.4) is 0 Å². The number of H-pyrrole nitrogens is 1. The number of aromatic amines is 1. The van der Waals surface area contributed by atoms with E-state index >= 15 is 0 Å². The van der Waals surface area contributed by atoms with Gasteiger partial charge in [-0.15, -0.1) is 11.3 Å². The van der Waals surface area contributed by atoms with Crippen molar-refractivity contribution >= 4 is 21.6 Å². The lowest BCUT2D eigenvalue weighted by molar-refractivity contribution is 0.190. The van der Waals surface area contributed by atoms with Gasteiger partial charge in [0.05, 0.1) is 18.0 Å². The standard InChI is InChI=1S/C13H17N3O2S/c1-7(17)5-14-6-10-15-12(18)11-8-3-2-4-9(8)19-13(11)16-10/h7,14,17H,2-6H2,1H3,(H,15,16,18). The normalized spacial score (nSPS) is 15.9. The molecule has 2 aromatic rings. The van der Waals surface area contributed by atoms with Crippen LogP contribution in [0.2, 0.25) is 0 Å². The summed E-state index contributed by atoms with van der Waals surface area (Å²) >= 11 is 1.65. The minimum Gasteiger partial charge on any atom is -0.392 e. The second kappa shape index (κ2) is 5.03. The van der Waals surface area contributed by atoms with Crippen LogP contribution in [0.1, 0.15) is 29.6 Å². The largest absolute Gasteiger partial charge is 0.392 e. The number of rotatable bonds is 4. The third-order valence-electron chi connectivity index (χ3n) is 3.36. The van der Waals surface area contributed by atoms with E-state index in [9.17, 15) is 9.90 Å². The van der Waals surface area contributed by atoms with E-state index in [1.54, 1.807) is 18.3 Å². The first kappa shape index (κ1) is 12.8. The Morgan fingerprint density at radius 1 is 1.53 bits per heavy atom. The van der Waals surface area contributed by atoms with Crippen molar-refractivity contribution in [2.75, 3.05) is 6.54 Å². The van der Waals surface area contributed by atoms with Crippen LogP contribution in [0.5, 0.6) is 0 Å². The van der Waals surface area contributed by atoms with Gasteiger partial charge in [0.25, 0.3) is 5.56 Å². The number of thiophene rings is 1. The van der Waals surface area contributed by atoms with Crippen molar-refractivity contribution in [1.29, 1.82) is 0 Å². The van der Waals surface area contributed by atoms with Gasteiger partial charge in [-0.3, -0.25) is 4.79 Å². The predicted molar refractivity (Wildman–Crippen MR) is 75.7 cm³/mol. The molecule has 0 spiro atoms. The minimum atomic E-state index is -0.402. The number of aromatic nitrogens is 2. The maximum absolute atomic E-state index is 12.2. The summed E-state index contributed by atoms with van der Waals surface area (Å²) in [6.07, 6.45) is 2.82. The Morgan fingerprint density at radius 3 is 3.16 bits per heavy atom. The van der Waals surface area contributed by atoms with Crippen LogP contribution in [0, 0.1) is 0 Å². The molecular formula is C13H17N3O2S. The second-order valence-electron chi connectivity index (χ2n) is 5.03. The van der Waals surface area contributed by atoms with Gasteiger partial charge < -0.3 is 15.4 Å². The van der Waals surface area contributed by atoms with E-state index in [0.717, 1.165) is 29.5 Å². The maximum Gasteiger partial charge on any atom is 0.259 e. The molecule has 6 heteroatoms. The molecule has 0 bridgehead atoms. The summed E-state index contributed by atoms with van der Waals surface area (Å²) in [7, 11) is 0. The first-order valence-electron chi connectivity index (χ1n) is 6.57. The van der Waals surface area contributed by atoms with E-state index in [-0.39, 0.29) is 5.56 Å². The fourth-order valence-electron chi connectivity index (χ4n) is 2.53. The first-order valence-corrected chi connectivity index (χ1v) is 7.39. The van der Waals surface area contributed by atoms with Gasteiger partial charge in [-0.2, -0.15) is 0 Å². The molecule has 0 saturated heterocycles. The third kappa shape index (κ3) is 2.43. The maximum atomic E-state index is 12.2. The molecule has 2 heterocycles. The zero-order valence-electron chi connectivity index (χ0n) is 10.8. The van der Waals surface area contributed by atoms with Gasteiger partial charge in [-0.25, -0.2) is 4.98 Å². The Balaban J connectivity index is 1.90. The molecule has 0 amide bonds. The molecule has 102 valence electrons. The summed E-state index contributed by atoms with van der Waals surface area (Å²) in [5.74, 6) is 0.637. The van der Waals surface area contributed by atoms with Gasteiger partial charge in [0.2, 0.25) is 0 Å². The number of aliphatic hydroxyl groups is 1. The highest BCUT2D eigenvalue weighted by atomic mass is 32.1. The third-order valence-corrected chi connectivity index (χ3v) is 4.54. The van der Waals surface area contributed by atoms with Gasteiger partial charge in [-0.1, -0.05) is 0 Å². The van der Waals surface area contributed by atoms with Gasteiger partial charge >= 0.3 is 0 Å². The molecule has 19 heavy (non-hydrogen) atoms. The molecule has 1 aliphatic rings. The Labute approximate surface area is 114 Å². The van der Waals surface area contributed by atoms with E-state index in [0.29, 0.717) is 18.9 Å². The lowest BCUT2D eigenvalue weighted by Crippen LogP contribution is -2.26. The average molecular weight is 279 g/mol. The van der Waals surface area contributed by atoms with E-state index in [1.165, 1.54) is 10.4 Å². The number of aliphatic hydroxyl groups excluding tert-OH is 1. The molecule has 3 rings (SSSR count). The smallest absolute Gasteiger partial charge is 0.259 e. The molecule has 0 fully saturated rings. The molecule has 0 radical (unpaired) electrons. The SMILES string of the molecule is CC(O)CNCc1nc2sc3c(c2c(=O)[nH]1)CCC3. The lowest BCUT2D eigenvalue weighted by atomic mass is 10.2. The molecule has 1 atom stereocenters. The summed E-state index contributed by atoms with van der Waals surface area (Å²) in [5.41, 5.74) is 1.18. The van der Waals surface area contributed by atoms with Gasteiger partial charge in [0, 0.05) is 11.4 Å². The fraction of sp³-hybridized carbons (Fsp3) is 0.538. The molecule has 1 unspecified atom stereocenters. The van der Waals surface area contributed by atoms with Crippen molar-refractivity contribution in [3.63, 3.8) is 0 Å². The number of hydrogen-bond acceptors (Lipinski definition) is 5. The Kier molecular flexibility index (Phi) is 3.38. The van der Waals surface area contributed by atoms with Crippen LogP contribution in [-0.4, -0.2) is 27.7 Å². The van der Waals surface area contributed by atoms with Crippen molar-refractivity contribution in [2.24, 2.45) is 0 Å². The van der Waals surface area contributed by atoms with Crippen molar-refractivity contribution in [2.45, 2.75) is 38.8 Å². The monoisotopic (exact) mass is 279 g/mol. The highest BCUT2D eigenvalue weighted by molar-refractivity contribution is 7.18. The molecule has 2 aromatic heterocycles. The zero-order valence-corrected chi connectivity index (χ0v) is 11.6. The minimum absolute atomic E-state index is 0.0294. The van der Waals surface area contributed by atoms with Gasteiger partial charge in [-0.05, 0) is 31.7 Å². The van der Waals surface area contributed by atoms with Gasteiger partial charge in [0.1, 0.15) is 10.7 Å². The Morgan fingerprint density at radius 2 is 2.37 bits per heavy atom. The lowest BCUT2D eigenvalue weighted by Gasteiger charge is -2.06. The molecule has 5 nitrogen and oxygen atoms in total. The van der Waals surface area contributed by atoms with E-state index in [4.69, 9.17) is 0 Å². The number of nitrogens with zero attached hydrogens (tertiary/aromatic N) is 1. The van der Waals surface area contributed by atoms with Crippen LogP contribution in [0.25, 0.3) is 10.2 Å². The van der Waals surface area contributed by atoms with Crippen LogP contribution >= 0.6 is 11.3 Å². The van der Waals surface area contributed by atoms with E-state index in [1.807, 2.05) is 0 Å². The Bertz CT molecular complexity index is 660. The van der Waals surface area contributed by atoms with Crippen LogP contribution < -0.4 is 10.9 Å². The number of hydrogen-bond donors (Lipinski definition) is 3. The van der Waals surface area contributed by atoms with Crippen LogP contribution in [0.15, 0.2) is 4.79 Å². The summed E-state index contributed by atoms with van der Waals surface area (Å²) < 4.78 is 0. The van der Waals surface area contributed by atoms with Crippen LogP contribution in [0.4, 0.5) is 0 Å².